The minimum absolute atomic E-state index is 0.000000945. The molecule has 2 unspecified atom stereocenters. The molecule has 1 aromatic rings. The molecule has 0 aromatic heterocycles. The molecule has 1 aliphatic carbocycles. The average molecular weight is 280 g/mol. The molecule has 8 heteroatoms. The lowest BCUT2D eigenvalue weighted by molar-refractivity contribution is -0.527. The Hall–Kier alpha value is -2.51. The molecule has 2 atom stereocenters. The number of carbonyl (C=O) groups is 1. The summed E-state index contributed by atoms with van der Waals surface area (Å²) in [5, 5.41) is 21.9. The molecule has 1 fully saturated rings. The molecule has 0 radical (unpaired) electrons. The lowest BCUT2D eigenvalue weighted by atomic mass is 10.1. The van der Waals surface area contributed by atoms with E-state index in [0.29, 0.717) is 5.56 Å². The van der Waals surface area contributed by atoms with Crippen LogP contribution in [0.1, 0.15) is 24.8 Å². The second-order valence-corrected chi connectivity index (χ2v) is 4.51. The van der Waals surface area contributed by atoms with Crippen LogP contribution in [0.15, 0.2) is 24.3 Å². The fourth-order valence-corrected chi connectivity index (χ4v) is 2.26. The highest BCUT2D eigenvalue weighted by Crippen LogP contribution is 2.54. The van der Waals surface area contributed by atoms with Crippen LogP contribution < -0.4 is 0 Å². The Kier molecular flexibility index (Phi) is 3.39. The topological polar surface area (TPSA) is 113 Å². The van der Waals surface area contributed by atoms with Crippen LogP contribution in [-0.2, 0) is 9.53 Å². The van der Waals surface area contributed by atoms with Crippen molar-refractivity contribution in [2.75, 3.05) is 6.61 Å². The van der Waals surface area contributed by atoms with E-state index in [1.807, 2.05) is 0 Å². The van der Waals surface area contributed by atoms with Gasteiger partial charge in [-0.25, -0.2) is 4.79 Å². The van der Waals surface area contributed by atoms with E-state index in [4.69, 9.17) is 4.74 Å². The van der Waals surface area contributed by atoms with Crippen molar-refractivity contribution in [1.29, 1.82) is 0 Å². The zero-order valence-electron chi connectivity index (χ0n) is 10.6. The summed E-state index contributed by atoms with van der Waals surface area (Å²) in [5.41, 5.74) is -1.55. The highest BCUT2D eigenvalue weighted by molar-refractivity contribution is 5.85. The number of rotatable bonds is 5. The van der Waals surface area contributed by atoms with Gasteiger partial charge in [-0.05, 0) is 12.5 Å². The Morgan fingerprint density at radius 3 is 2.70 bits per heavy atom. The third-order valence-electron chi connectivity index (χ3n) is 3.37. The van der Waals surface area contributed by atoms with E-state index in [0.717, 1.165) is 0 Å². The summed E-state index contributed by atoms with van der Waals surface area (Å²) in [6, 6.07) is 5.54. The van der Waals surface area contributed by atoms with Crippen LogP contribution in [0.3, 0.4) is 0 Å². The Balaban J connectivity index is 2.31. The number of carbonyl (C=O) groups excluding carboxylic acids is 1. The monoisotopic (exact) mass is 280 g/mol. The van der Waals surface area contributed by atoms with Gasteiger partial charge in [-0.2, -0.15) is 0 Å². The minimum atomic E-state index is -1.80. The molecule has 1 saturated carbocycles. The number of nitro groups is 2. The number of non-ortho nitro benzene ring substituents is 1. The van der Waals surface area contributed by atoms with Gasteiger partial charge < -0.3 is 4.74 Å². The molecule has 8 nitrogen and oxygen atoms in total. The van der Waals surface area contributed by atoms with Crippen LogP contribution in [0.5, 0.6) is 0 Å². The lowest BCUT2D eigenvalue weighted by Crippen LogP contribution is -2.35. The maximum absolute atomic E-state index is 11.8. The van der Waals surface area contributed by atoms with E-state index < -0.39 is 27.3 Å². The van der Waals surface area contributed by atoms with Crippen LogP contribution in [0.4, 0.5) is 5.69 Å². The van der Waals surface area contributed by atoms with Crippen molar-refractivity contribution in [3.05, 3.63) is 50.1 Å². The highest BCUT2D eigenvalue weighted by atomic mass is 16.6. The first-order valence-electron chi connectivity index (χ1n) is 5.99. The van der Waals surface area contributed by atoms with E-state index in [1.54, 1.807) is 13.0 Å². The first kappa shape index (κ1) is 13.9. The van der Waals surface area contributed by atoms with Gasteiger partial charge in [0.25, 0.3) is 5.69 Å². The second-order valence-electron chi connectivity index (χ2n) is 4.51. The van der Waals surface area contributed by atoms with Crippen LogP contribution in [0, 0.1) is 20.2 Å². The summed E-state index contributed by atoms with van der Waals surface area (Å²) < 4.78 is 4.75. The molecule has 1 aliphatic rings. The Morgan fingerprint density at radius 2 is 2.15 bits per heavy atom. The van der Waals surface area contributed by atoms with Gasteiger partial charge in [0.2, 0.25) is 0 Å². The third-order valence-corrected chi connectivity index (χ3v) is 3.37. The van der Waals surface area contributed by atoms with Gasteiger partial charge in [0.05, 0.1) is 17.4 Å². The zero-order chi connectivity index (χ0) is 14.9. The Labute approximate surface area is 113 Å². The summed E-state index contributed by atoms with van der Waals surface area (Å²) in [6.07, 6.45) is 0.000000945. The van der Waals surface area contributed by atoms with E-state index in [9.17, 15) is 25.0 Å². The Bertz CT molecular complexity index is 587. The third kappa shape index (κ3) is 2.09. The summed E-state index contributed by atoms with van der Waals surface area (Å²) in [7, 11) is 0. The lowest BCUT2D eigenvalue weighted by Gasteiger charge is -2.08. The first-order chi connectivity index (χ1) is 9.43. The predicted molar refractivity (Wildman–Crippen MR) is 66.8 cm³/mol. The maximum Gasteiger partial charge on any atom is 0.385 e. The second kappa shape index (κ2) is 4.87. The number of nitrogens with zero attached hydrogens (tertiary/aromatic N) is 2. The van der Waals surface area contributed by atoms with Crippen LogP contribution >= 0.6 is 0 Å². The number of nitro benzene ring substituents is 1. The number of esters is 1. The summed E-state index contributed by atoms with van der Waals surface area (Å²) >= 11 is 0. The average Bonchev–Trinajstić information content (AvgIpc) is 3.16. The molecule has 0 amide bonds. The van der Waals surface area contributed by atoms with Crippen LogP contribution in [-0.4, -0.2) is 28.0 Å². The van der Waals surface area contributed by atoms with Gasteiger partial charge in [0, 0.05) is 23.5 Å². The van der Waals surface area contributed by atoms with Gasteiger partial charge in [-0.15, -0.1) is 0 Å². The zero-order valence-corrected chi connectivity index (χ0v) is 10.6. The molecule has 106 valence electrons. The van der Waals surface area contributed by atoms with Gasteiger partial charge in [0.1, 0.15) is 0 Å². The molecular formula is C12H12N2O6. The molecule has 0 saturated heterocycles. The first-order valence-corrected chi connectivity index (χ1v) is 5.99. The Morgan fingerprint density at radius 1 is 1.45 bits per heavy atom. The molecule has 0 heterocycles. The van der Waals surface area contributed by atoms with Crippen LogP contribution in [0.25, 0.3) is 0 Å². The van der Waals surface area contributed by atoms with Gasteiger partial charge in [-0.1, -0.05) is 12.1 Å². The van der Waals surface area contributed by atoms with E-state index in [2.05, 4.69) is 0 Å². The molecule has 0 N–H and O–H groups in total. The van der Waals surface area contributed by atoms with Gasteiger partial charge in [-0.3, -0.25) is 20.2 Å². The van der Waals surface area contributed by atoms with E-state index in [-0.39, 0.29) is 18.7 Å². The highest BCUT2D eigenvalue weighted by Gasteiger charge is 2.74. The summed E-state index contributed by atoms with van der Waals surface area (Å²) in [5.74, 6) is -1.57. The van der Waals surface area contributed by atoms with Crippen molar-refractivity contribution >= 4 is 11.7 Å². The molecule has 20 heavy (non-hydrogen) atoms. The standard InChI is InChI=1S/C12H12N2O6/c1-2-20-11(15)12(14(18)19)7-10(12)8-4-3-5-9(6-8)13(16)17/h3-6,10H,2,7H2,1H3. The van der Waals surface area contributed by atoms with Crippen molar-refractivity contribution in [1.82, 2.24) is 0 Å². The predicted octanol–water partition coefficient (Wildman–Crippen LogP) is 1.66. The van der Waals surface area contributed by atoms with Gasteiger partial charge >= 0.3 is 11.5 Å². The van der Waals surface area contributed by atoms with Crippen molar-refractivity contribution in [3.8, 4) is 0 Å². The van der Waals surface area contributed by atoms with Crippen molar-refractivity contribution in [2.45, 2.75) is 24.8 Å². The van der Waals surface area contributed by atoms with Gasteiger partial charge in [0.15, 0.2) is 0 Å². The molecule has 0 spiro atoms. The van der Waals surface area contributed by atoms with Crippen molar-refractivity contribution < 1.29 is 19.4 Å². The summed E-state index contributed by atoms with van der Waals surface area (Å²) in [4.78, 5) is 32.4. The summed E-state index contributed by atoms with van der Waals surface area (Å²) in [6.45, 7) is 1.62. The smallest absolute Gasteiger partial charge is 0.385 e. The van der Waals surface area contributed by atoms with Crippen LogP contribution in [0.2, 0.25) is 0 Å². The number of hydrogen-bond donors (Lipinski definition) is 0. The molecular weight excluding hydrogens is 268 g/mol. The van der Waals surface area contributed by atoms with Crippen molar-refractivity contribution in [3.63, 3.8) is 0 Å². The van der Waals surface area contributed by atoms with E-state index >= 15 is 0 Å². The fraction of sp³-hybridized carbons (Fsp3) is 0.417. The van der Waals surface area contributed by atoms with Crippen molar-refractivity contribution in [2.24, 2.45) is 0 Å². The largest absolute Gasteiger partial charge is 0.461 e. The molecule has 1 aromatic carbocycles. The maximum atomic E-state index is 11.8. The molecule has 0 bridgehead atoms. The number of benzene rings is 1. The number of ether oxygens (including phenoxy) is 1. The minimum Gasteiger partial charge on any atom is -0.461 e. The quantitative estimate of drug-likeness (QED) is 0.460. The number of hydrogen-bond acceptors (Lipinski definition) is 6. The molecule has 0 aliphatic heterocycles. The SMILES string of the molecule is CCOC(=O)C1([N+](=O)[O-])CC1c1cccc([N+](=O)[O-])c1. The normalized spacial score (nSPS) is 23.9. The fourth-order valence-electron chi connectivity index (χ4n) is 2.26. The molecule has 2 rings (SSSR count). The van der Waals surface area contributed by atoms with E-state index in [1.165, 1.54) is 18.2 Å².